The molecule has 7 heteroatoms. The number of piperazine rings is 1. The van der Waals surface area contributed by atoms with E-state index in [1.165, 1.54) is 0 Å². The standard InChI is InChI=1S/C18H22N6O/c1-22-10-11-23(12-16(22)18-19-7-8-20-18)17(25)6-9-24-13-21-14-4-2-3-5-15(14)24/h2-5,7-8,13,16H,6,9-12H2,1H3,(H,19,20). The maximum absolute atomic E-state index is 12.7. The Morgan fingerprint density at radius 1 is 1.28 bits per heavy atom. The van der Waals surface area contributed by atoms with Crippen LogP contribution in [-0.2, 0) is 11.3 Å². The minimum atomic E-state index is 0.127. The number of carbonyl (C=O) groups excluding carboxylic acids is 1. The molecule has 1 aliphatic rings. The first-order valence-electron chi connectivity index (χ1n) is 8.59. The number of imidazole rings is 2. The van der Waals surface area contributed by atoms with Gasteiger partial charge in [0.05, 0.1) is 23.4 Å². The van der Waals surface area contributed by atoms with E-state index in [4.69, 9.17) is 0 Å². The number of hydrogen-bond donors (Lipinski definition) is 1. The topological polar surface area (TPSA) is 70.1 Å². The van der Waals surface area contributed by atoms with Gasteiger partial charge in [-0.25, -0.2) is 9.97 Å². The van der Waals surface area contributed by atoms with Gasteiger partial charge < -0.3 is 14.5 Å². The average molecular weight is 338 g/mol. The lowest BCUT2D eigenvalue weighted by Gasteiger charge is -2.38. The molecule has 1 N–H and O–H groups in total. The van der Waals surface area contributed by atoms with Gasteiger partial charge in [0.1, 0.15) is 5.82 Å². The van der Waals surface area contributed by atoms with E-state index in [-0.39, 0.29) is 11.9 Å². The van der Waals surface area contributed by atoms with Crippen LogP contribution in [0.4, 0.5) is 0 Å². The van der Waals surface area contributed by atoms with Gasteiger partial charge in [-0.2, -0.15) is 0 Å². The normalized spacial score (nSPS) is 18.8. The molecule has 0 aliphatic carbocycles. The molecular weight excluding hydrogens is 316 g/mol. The first-order valence-corrected chi connectivity index (χ1v) is 8.59. The fourth-order valence-electron chi connectivity index (χ4n) is 3.42. The summed E-state index contributed by atoms with van der Waals surface area (Å²) in [6.07, 6.45) is 5.88. The van der Waals surface area contributed by atoms with Crippen LogP contribution >= 0.6 is 0 Å². The van der Waals surface area contributed by atoms with Gasteiger partial charge in [0.2, 0.25) is 5.91 Å². The Kier molecular flexibility index (Phi) is 4.23. The van der Waals surface area contributed by atoms with Crippen molar-refractivity contribution in [2.45, 2.75) is 19.0 Å². The zero-order valence-electron chi connectivity index (χ0n) is 14.3. The molecule has 1 fully saturated rings. The van der Waals surface area contributed by atoms with Crippen molar-refractivity contribution in [3.63, 3.8) is 0 Å². The molecule has 0 spiro atoms. The molecule has 2 aromatic heterocycles. The van der Waals surface area contributed by atoms with E-state index in [1.807, 2.05) is 46.3 Å². The van der Waals surface area contributed by atoms with E-state index in [0.717, 1.165) is 29.9 Å². The van der Waals surface area contributed by atoms with Gasteiger partial charge in [0, 0.05) is 45.0 Å². The highest BCUT2D eigenvalue weighted by molar-refractivity contribution is 5.77. The van der Waals surface area contributed by atoms with Crippen LogP contribution in [0.15, 0.2) is 43.0 Å². The van der Waals surface area contributed by atoms with Crippen LogP contribution in [0.3, 0.4) is 0 Å². The lowest BCUT2D eigenvalue weighted by atomic mass is 10.1. The number of likely N-dealkylation sites (N-methyl/N-ethyl adjacent to an activating group) is 1. The van der Waals surface area contributed by atoms with Crippen LogP contribution in [0, 0.1) is 0 Å². The average Bonchev–Trinajstić information content (AvgIpc) is 3.30. The Morgan fingerprint density at radius 3 is 3.00 bits per heavy atom. The Labute approximate surface area is 146 Å². The lowest BCUT2D eigenvalue weighted by molar-refractivity contribution is -0.134. The minimum absolute atomic E-state index is 0.127. The van der Waals surface area contributed by atoms with Gasteiger partial charge in [-0.05, 0) is 19.2 Å². The molecule has 1 unspecified atom stereocenters. The SMILES string of the molecule is CN1CCN(C(=O)CCn2cnc3ccccc32)CC1c1ncc[nH]1. The zero-order valence-corrected chi connectivity index (χ0v) is 14.3. The largest absolute Gasteiger partial charge is 0.347 e. The second-order valence-electron chi connectivity index (χ2n) is 6.49. The molecule has 0 radical (unpaired) electrons. The molecule has 3 aromatic rings. The van der Waals surface area contributed by atoms with Crippen LogP contribution in [0.5, 0.6) is 0 Å². The summed E-state index contributed by atoms with van der Waals surface area (Å²) in [5.41, 5.74) is 2.04. The van der Waals surface area contributed by atoms with Crippen LogP contribution in [-0.4, -0.2) is 61.9 Å². The Bertz CT molecular complexity index is 855. The van der Waals surface area contributed by atoms with Gasteiger partial charge in [-0.15, -0.1) is 0 Å². The van der Waals surface area contributed by atoms with E-state index < -0.39 is 0 Å². The number of aryl methyl sites for hydroxylation is 1. The fourth-order valence-corrected chi connectivity index (χ4v) is 3.42. The number of aromatic amines is 1. The van der Waals surface area contributed by atoms with Crippen molar-refractivity contribution in [3.05, 3.63) is 48.8 Å². The predicted octanol–water partition coefficient (Wildman–Crippen LogP) is 1.66. The fraction of sp³-hybridized carbons (Fsp3) is 0.389. The summed E-state index contributed by atoms with van der Waals surface area (Å²) in [5.74, 6) is 1.10. The maximum Gasteiger partial charge on any atom is 0.224 e. The first-order chi connectivity index (χ1) is 12.2. The highest BCUT2D eigenvalue weighted by Crippen LogP contribution is 2.21. The number of rotatable bonds is 4. The molecule has 4 rings (SSSR count). The van der Waals surface area contributed by atoms with Crippen molar-refractivity contribution < 1.29 is 4.79 Å². The smallest absolute Gasteiger partial charge is 0.224 e. The number of hydrogen-bond acceptors (Lipinski definition) is 4. The van der Waals surface area contributed by atoms with E-state index >= 15 is 0 Å². The number of nitrogens with one attached hydrogen (secondary N) is 1. The van der Waals surface area contributed by atoms with Gasteiger partial charge >= 0.3 is 0 Å². The second kappa shape index (κ2) is 6.68. The van der Waals surface area contributed by atoms with E-state index in [1.54, 1.807) is 6.20 Å². The van der Waals surface area contributed by atoms with Gasteiger partial charge in [0.15, 0.2) is 0 Å². The summed E-state index contributed by atoms with van der Waals surface area (Å²) >= 11 is 0. The highest BCUT2D eigenvalue weighted by Gasteiger charge is 2.29. The molecule has 1 saturated heterocycles. The number of nitrogens with zero attached hydrogens (tertiary/aromatic N) is 5. The molecular formula is C18H22N6O. The summed E-state index contributed by atoms with van der Waals surface area (Å²) in [6.45, 7) is 2.94. The van der Waals surface area contributed by atoms with Crippen molar-refractivity contribution in [3.8, 4) is 0 Å². The third-order valence-corrected chi connectivity index (χ3v) is 4.93. The highest BCUT2D eigenvalue weighted by atomic mass is 16.2. The molecule has 1 amide bonds. The third-order valence-electron chi connectivity index (χ3n) is 4.93. The van der Waals surface area contributed by atoms with Crippen molar-refractivity contribution >= 4 is 16.9 Å². The van der Waals surface area contributed by atoms with E-state index in [9.17, 15) is 4.79 Å². The number of aromatic nitrogens is 4. The molecule has 1 atom stereocenters. The molecule has 1 aromatic carbocycles. The number of para-hydroxylation sites is 2. The second-order valence-corrected chi connectivity index (χ2v) is 6.49. The molecule has 0 bridgehead atoms. The van der Waals surface area contributed by atoms with E-state index in [2.05, 4.69) is 26.9 Å². The number of H-pyrrole nitrogens is 1. The minimum Gasteiger partial charge on any atom is -0.347 e. The maximum atomic E-state index is 12.7. The van der Waals surface area contributed by atoms with Crippen LogP contribution in [0.2, 0.25) is 0 Å². The Morgan fingerprint density at radius 2 is 2.16 bits per heavy atom. The number of carbonyl (C=O) groups is 1. The molecule has 3 heterocycles. The van der Waals surface area contributed by atoms with Crippen LogP contribution in [0.25, 0.3) is 11.0 Å². The van der Waals surface area contributed by atoms with Gasteiger partial charge in [0.25, 0.3) is 0 Å². The Balaban J connectivity index is 1.41. The lowest BCUT2D eigenvalue weighted by Crippen LogP contribution is -2.49. The number of amides is 1. The van der Waals surface area contributed by atoms with Crippen molar-refractivity contribution in [2.75, 3.05) is 26.7 Å². The summed E-state index contributed by atoms with van der Waals surface area (Å²) in [6, 6.07) is 8.12. The monoisotopic (exact) mass is 338 g/mol. The summed E-state index contributed by atoms with van der Waals surface area (Å²) in [5, 5.41) is 0. The summed E-state index contributed by atoms with van der Waals surface area (Å²) < 4.78 is 2.05. The first kappa shape index (κ1) is 15.8. The number of fused-ring (bicyclic) bond motifs is 1. The van der Waals surface area contributed by atoms with Crippen LogP contribution in [0.1, 0.15) is 18.3 Å². The van der Waals surface area contributed by atoms with Crippen molar-refractivity contribution in [2.24, 2.45) is 0 Å². The van der Waals surface area contributed by atoms with Crippen LogP contribution < -0.4 is 0 Å². The zero-order chi connectivity index (χ0) is 17.2. The van der Waals surface area contributed by atoms with Gasteiger partial charge in [-0.3, -0.25) is 9.69 Å². The molecule has 0 saturated carbocycles. The predicted molar refractivity (Wildman–Crippen MR) is 94.9 cm³/mol. The molecule has 25 heavy (non-hydrogen) atoms. The van der Waals surface area contributed by atoms with E-state index in [0.29, 0.717) is 19.5 Å². The van der Waals surface area contributed by atoms with Crippen molar-refractivity contribution in [1.29, 1.82) is 0 Å². The molecule has 1 aliphatic heterocycles. The Hall–Kier alpha value is -2.67. The summed E-state index contributed by atoms with van der Waals surface area (Å²) in [4.78, 5) is 28.8. The molecule has 130 valence electrons. The quantitative estimate of drug-likeness (QED) is 0.785. The molecule has 7 nitrogen and oxygen atoms in total. The summed E-state index contributed by atoms with van der Waals surface area (Å²) in [7, 11) is 2.08. The van der Waals surface area contributed by atoms with Crippen molar-refractivity contribution in [1.82, 2.24) is 29.3 Å². The van der Waals surface area contributed by atoms with Gasteiger partial charge in [-0.1, -0.05) is 12.1 Å². The number of benzene rings is 1. The third kappa shape index (κ3) is 3.15.